The highest BCUT2D eigenvalue weighted by atomic mass is 79.9. The number of halogens is 2. The van der Waals surface area contributed by atoms with Crippen LogP contribution in [0.25, 0.3) is 0 Å². The van der Waals surface area contributed by atoms with Gasteiger partial charge in [0.1, 0.15) is 5.82 Å². The van der Waals surface area contributed by atoms with Crippen LogP contribution in [0.15, 0.2) is 22.7 Å². The minimum Gasteiger partial charge on any atom is -0.330 e. The number of anilines is 1. The van der Waals surface area contributed by atoms with Crippen molar-refractivity contribution < 1.29 is 9.18 Å². The maximum absolute atomic E-state index is 13.7. The van der Waals surface area contributed by atoms with E-state index in [0.717, 1.165) is 4.47 Å². The van der Waals surface area contributed by atoms with Crippen LogP contribution < -0.4 is 10.6 Å². The van der Waals surface area contributed by atoms with E-state index in [9.17, 15) is 9.18 Å². The molecule has 18 heavy (non-hydrogen) atoms. The largest absolute Gasteiger partial charge is 0.330 e. The summed E-state index contributed by atoms with van der Waals surface area (Å²) in [7, 11) is 1.57. The highest BCUT2D eigenvalue weighted by Crippen LogP contribution is 2.25. The molecule has 0 heterocycles. The molecule has 3 nitrogen and oxygen atoms in total. The Labute approximate surface area is 115 Å². The van der Waals surface area contributed by atoms with Crippen molar-refractivity contribution in [1.29, 1.82) is 0 Å². The Morgan fingerprint density at radius 3 is 2.61 bits per heavy atom. The summed E-state index contributed by atoms with van der Waals surface area (Å²) in [6, 6.07) is 4.51. The van der Waals surface area contributed by atoms with E-state index < -0.39 is 5.82 Å². The smallest absolute Gasteiger partial charge is 0.231 e. The van der Waals surface area contributed by atoms with Gasteiger partial charge in [-0.1, -0.05) is 29.8 Å². The lowest BCUT2D eigenvalue weighted by atomic mass is 9.94. The number of hydrogen-bond donors (Lipinski definition) is 1. The predicted molar refractivity (Wildman–Crippen MR) is 74.9 cm³/mol. The number of benzene rings is 1. The van der Waals surface area contributed by atoms with Gasteiger partial charge in [-0.15, -0.1) is 0 Å². The fourth-order valence-corrected chi connectivity index (χ4v) is 2.12. The van der Waals surface area contributed by atoms with Gasteiger partial charge in [0.2, 0.25) is 5.91 Å². The van der Waals surface area contributed by atoms with E-state index >= 15 is 0 Å². The second-order valence-electron chi connectivity index (χ2n) is 4.58. The Morgan fingerprint density at radius 1 is 1.50 bits per heavy atom. The average molecular weight is 317 g/mol. The van der Waals surface area contributed by atoms with Crippen LogP contribution in [0, 0.1) is 17.7 Å². The van der Waals surface area contributed by atoms with Crippen molar-refractivity contribution in [3.05, 3.63) is 28.5 Å². The minimum absolute atomic E-state index is 0.125. The Kier molecular flexibility index (Phi) is 5.28. The van der Waals surface area contributed by atoms with Crippen LogP contribution in [-0.4, -0.2) is 19.5 Å². The number of rotatable bonds is 4. The molecule has 1 unspecified atom stereocenters. The second-order valence-corrected chi connectivity index (χ2v) is 5.49. The molecule has 1 aromatic carbocycles. The number of nitrogens with two attached hydrogens (primary N) is 1. The molecule has 0 saturated carbocycles. The average Bonchev–Trinajstić information content (AvgIpc) is 2.31. The first-order valence-electron chi connectivity index (χ1n) is 5.81. The van der Waals surface area contributed by atoms with Gasteiger partial charge in [-0.3, -0.25) is 4.79 Å². The van der Waals surface area contributed by atoms with Crippen LogP contribution in [0.2, 0.25) is 0 Å². The zero-order valence-corrected chi connectivity index (χ0v) is 12.4. The number of amides is 1. The van der Waals surface area contributed by atoms with Gasteiger partial charge in [-0.05, 0) is 24.1 Å². The summed E-state index contributed by atoms with van der Waals surface area (Å²) in [5, 5.41) is 0. The maximum atomic E-state index is 13.7. The van der Waals surface area contributed by atoms with Gasteiger partial charge in [0, 0.05) is 18.1 Å². The van der Waals surface area contributed by atoms with E-state index in [1.807, 2.05) is 13.8 Å². The van der Waals surface area contributed by atoms with Gasteiger partial charge in [0.25, 0.3) is 0 Å². The van der Waals surface area contributed by atoms with Gasteiger partial charge in [-0.2, -0.15) is 0 Å². The molecule has 1 amide bonds. The molecule has 5 heteroatoms. The Balaban J connectivity index is 3.02. The highest BCUT2D eigenvalue weighted by Gasteiger charge is 2.25. The maximum Gasteiger partial charge on any atom is 0.231 e. The van der Waals surface area contributed by atoms with Crippen LogP contribution in [0.5, 0.6) is 0 Å². The first-order valence-corrected chi connectivity index (χ1v) is 6.60. The molecular weight excluding hydrogens is 299 g/mol. The molecule has 0 radical (unpaired) electrons. The van der Waals surface area contributed by atoms with Gasteiger partial charge in [0.05, 0.1) is 11.6 Å². The summed E-state index contributed by atoms with van der Waals surface area (Å²) in [6.07, 6.45) is 0. The zero-order chi connectivity index (χ0) is 13.9. The van der Waals surface area contributed by atoms with Crippen molar-refractivity contribution >= 4 is 27.5 Å². The fourth-order valence-electron chi connectivity index (χ4n) is 1.77. The van der Waals surface area contributed by atoms with E-state index in [0.29, 0.717) is 0 Å². The first kappa shape index (κ1) is 15.1. The fraction of sp³-hybridized carbons (Fsp3) is 0.462. The third kappa shape index (κ3) is 3.29. The number of carbonyl (C=O) groups excluding carboxylic acids is 1. The van der Waals surface area contributed by atoms with Crippen molar-refractivity contribution in [2.45, 2.75) is 13.8 Å². The molecule has 1 rings (SSSR count). The molecular formula is C13H18BrFN2O. The molecule has 0 spiro atoms. The molecule has 100 valence electrons. The van der Waals surface area contributed by atoms with Crippen LogP contribution in [0.3, 0.4) is 0 Å². The molecule has 1 atom stereocenters. The van der Waals surface area contributed by atoms with E-state index in [1.54, 1.807) is 19.2 Å². The van der Waals surface area contributed by atoms with Crippen LogP contribution in [-0.2, 0) is 4.79 Å². The number of nitrogens with zero attached hydrogens (tertiary/aromatic N) is 1. The number of hydrogen-bond acceptors (Lipinski definition) is 2. The topological polar surface area (TPSA) is 46.3 Å². The summed E-state index contributed by atoms with van der Waals surface area (Å²) in [5.74, 6) is -0.758. The van der Waals surface area contributed by atoms with E-state index in [-0.39, 0.29) is 30.0 Å². The summed E-state index contributed by atoms with van der Waals surface area (Å²) >= 11 is 3.27. The van der Waals surface area contributed by atoms with Crippen LogP contribution >= 0.6 is 15.9 Å². The predicted octanol–water partition coefficient (Wildman–Crippen LogP) is 2.78. The monoisotopic (exact) mass is 316 g/mol. The Bertz CT molecular complexity index is 437. The van der Waals surface area contributed by atoms with E-state index in [4.69, 9.17) is 5.73 Å². The second kappa shape index (κ2) is 6.29. The Hall–Kier alpha value is -0.940. The molecule has 0 fully saturated rings. The van der Waals surface area contributed by atoms with Gasteiger partial charge in [0.15, 0.2) is 0 Å². The summed E-state index contributed by atoms with van der Waals surface area (Å²) in [6.45, 7) is 4.12. The summed E-state index contributed by atoms with van der Waals surface area (Å²) in [5.41, 5.74) is 5.87. The lowest BCUT2D eigenvalue weighted by Gasteiger charge is -2.25. The molecule has 0 aliphatic heterocycles. The van der Waals surface area contributed by atoms with Gasteiger partial charge < -0.3 is 10.6 Å². The molecule has 0 aliphatic carbocycles. The standard InChI is InChI=1S/C13H18BrFN2O/c1-8(2)10(7-16)13(18)17(3)12-6-9(14)4-5-11(12)15/h4-6,8,10H,7,16H2,1-3H3. The van der Waals surface area contributed by atoms with Crippen molar-refractivity contribution in [2.24, 2.45) is 17.6 Å². The van der Waals surface area contributed by atoms with E-state index in [1.165, 1.54) is 11.0 Å². The van der Waals surface area contributed by atoms with Gasteiger partial charge in [-0.25, -0.2) is 4.39 Å². The molecule has 0 saturated heterocycles. The summed E-state index contributed by atoms with van der Waals surface area (Å²) in [4.78, 5) is 13.6. The summed E-state index contributed by atoms with van der Waals surface area (Å²) < 4.78 is 14.4. The lowest BCUT2D eigenvalue weighted by molar-refractivity contribution is -0.123. The first-order chi connectivity index (χ1) is 8.38. The number of carbonyl (C=O) groups is 1. The van der Waals surface area contributed by atoms with Crippen LogP contribution in [0.4, 0.5) is 10.1 Å². The molecule has 1 aromatic rings. The van der Waals surface area contributed by atoms with Crippen molar-refractivity contribution in [3.63, 3.8) is 0 Å². The highest BCUT2D eigenvalue weighted by molar-refractivity contribution is 9.10. The SMILES string of the molecule is CC(C)C(CN)C(=O)N(C)c1cc(Br)ccc1F. The third-order valence-corrected chi connectivity index (χ3v) is 3.47. The third-order valence-electron chi connectivity index (χ3n) is 2.98. The van der Waals surface area contributed by atoms with Crippen molar-refractivity contribution in [2.75, 3.05) is 18.5 Å². The minimum atomic E-state index is -0.423. The zero-order valence-electron chi connectivity index (χ0n) is 10.8. The van der Waals surface area contributed by atoms with E-state index in [2.05, 4.69) is 15.9 Å². The molecule has 2 N–H and O–H groups in total. The molecule has 0 bridgehead atoms. The van der Waals surface area contributed by atoms with Crippen molar-refractivity contribution in [3.8, 4) is 0 Å². The Morgan fingerprint density at radius 2 is 2.11 bits per heavy atom. The van der Waals surface area contributed by atoms with Gasteiger partial charge >= 0.3 is 0 Å². The van der Waals surface area contributed by atoms with Crippen molar-refractivity contribution in [1.82, 2.24) is 0 Å². The van der Waals surface area contributed by atoms with Crippen LogP contribution in [0.1, 0.15) is 13.8 Å². The lowest BCUT2D eigenvalue weighted by Crippen LogP contribution is -2.39. The normalized spacial score (nSPS) is 12.6. The molecule has 0 aromatic heterocycles. The molecule has 0 aliphatic rings. The quantitative estimate of drug-likeness (QED) is 0.928.